The molecule has 1 aromatic rings. The summed E-state index contributed by atoms with van der Waals surface area (Å²) in [6.07, 6.45) is 2.64. The van der Waals surface area contributed by atoms with Gasteiger partial charge in [-0.2, -0.15) is 0 Å². The number of nitrogens with two attached hydrogens (primary N) is 1. The predicted octanol–water partition coefficient (Wildman–Crippen LogP) is 1.19. The molecule has 0 radical (unpaired) electrons. The van der Waals surface area contributed by atoms with Gasteiger partial charge in [0.15, 0.2) is 0 Å². The van der Waals surface area contributed by atoms with Gasteiger partial charge in [0.2, 0.25) is 5.91 Å². The highest BCUT2D eigenvalue weighted by Gasteiger charge is 2.36. The van der Waals surface area contributed by atoms with E-state index in [4.69, 9.17) is 15.7 Å². The molecule has 3 rings (SSSR count). The van der Waals surface area contributed by atoms with Gasteiger partial charge in [0.25, 0.3) is 0 Å². The van der Waals surface area contributed by atoms with E-state index in [1.807, 2.05) is 24.3 Å². The van der Waals surface area contributed by atoms with Gasteiger partial charge >= 0.3 is 0 Å². The average molecular weight is 289 g/mol. The van der Waals surface area contributed by atoms with Crippen molar-refractivity contribution in [1.82, 2.24) is 5.32 Å². The summed E-state index contributed by atoms with van der Waals surface area (Å²) in [7, 11) is 0. The van der Waals surface area contributed by atoms with Gasteiger partial charge in [-0.15, -0.1) is 0 Å². The first-order valence-corrected chi connectivity index (χ1v) is 7.20. The van der Waals surface area contributed by atoms with Crippen molar-refractivity contribution >= 4 is 11.7 Å². The van der Waals surface area contributed by atoms with Crippen LogP contribution in [0.4, 0.5) is 0 Å². The second-order valence-electron chi connectivity index (χ2n) is 5.58. The Kier molecular flexibility index (Phi) is 3.68. The van der Waals surface area contributed by atoms with Crippen LogP contribution < -0.4 is 15.8 Å². The van der Waals surface area contributed by atoms with Gasteiger partial charge in [0.1, 0.15) is 24.1 Å². The highest BCUT2D eigenvalue weighted by molar-refractivity contribution is 5.88. The summed E-state index contributed by atoms with van der Waals surface area (Å²) in [5.41, 5.74) is 6.62. The number of nitrogens with one attached hydrogen (secondary N) is 1. The van der Waals surface area contributed by atoms with E-state index in [9.17, 15) is 4.79 Å². The number of oxime groups is 1. The summed E-state index contributed by atoms with van der Waals surface area (Å²) < 4.78 is 5.54. The van der Waals surface area contributed by atoms with E-state index in [1.165, 1.54) is 0 Å². The van der Waals surface area contributed by atoms with Crippen LogP contribution in [0.3, 0.4) is 0 Å². The van der Waals surface area contributed by atoms with E-state index in [2.05, 4.69) is 10.5 Å². The lowest BCUT2D eigenvalue weighted by molar-refractivity contribution is -0.123. The number of nitrogens with zero attached hydrogens (tertiary/aromatic N) is 1. The number of carbonyl (C=O) groups excluding carboxylic acids is 1. The summed E-state index contributed by atoms with van der Waals surface area (Å²) in [5.74, 6) is 0.548. The van der Waals surface area contributed by atoms with Gasteiger partial charge in [-0.1, -0.05) is 29.8 Å². The summed E-state index contributed by atoms with van der Waals surface area (Å²) in [6, 6.07) is 7.52. The summed E-state index contributed by atoms with van der Waals surface area (Å²) in [5, 5.41) is 14.9. The minimum absolute atomic E-state index is 0.0532. The van der Waals surface area contributed by atoms with Crippen LogP contribution in [-0.2, 0) is 4.79 Å². The fraction of sp³-hybridized carbons (Fsp3) is 0.467. The van der Waals surface area contributed by atoms with Crippen LogP contribution in [0.5, 0.6) is 5.75 Å². The number of amides is 1. The number of fused-ring (bicyclic) bond motifs is 1. The van der Waals surface area contributed by atoms with Crippen LogP contribution in [-0.4, -0.2) is 29.6 Å². The van der Waals surface area contributed by atoms with Gasteiger partial charge < -0.3 is 21.0 Å². The number of para-hydroxylation sites is 1. The zero-order chi connectivity index (χ0) is 14.8. The molecular formula is C15H19N3O3. The third-order valence-electron chi connectivity index (χ3n) is 4.36. The number of hydrogen-bond donors (Lipinski definition) is 3. The number of hydrogen-bond acceptors (Lipinski definition) is 4. The Balaban J connectivity index is 1.70. The molecule has 1 saturated carbocycles. The van der Waals surface area contributed by atoms with E-state index in [-0.39, 0.29) is 29.6 Å². The Bertz CT molecular complexity index is 573. The van der Waals surface area contributed by atoms with Crippen molar-refractivity contribution in [2.75, 3.05) is 6.61 Å². The largest absolute Gasteiger partial charge is 0.492 e. The van der Waals surface area contributed by atoms with Crippen molar-refractivity contribution in [3.63, 3.8) is 0 Å². The molecule has 6 heteroatoms. The van der Waals surface area contributed by atoms with Crippen molar-refractivity contribution < 1.29 is 14.7 Å². The molecule has 0 bridgehead atoms. The second-order valence-corrected chi connectivity index (χ2v) is 5.58. The average Bonchev–Trinajstić information content (AvgIpc) is 3.12. The molecule has 1 heterocycles. The number of rotatable bonds is 3. The van der Waals surface area contributed by atoms with Crippen LogP contribution in [0.1, 0.15) is 30.7 Å². The molecule has 1 fully saturated rings. The molecule has 1 aromatic carbocycles. The lowest BCUT2D eigenvalue weighted by atomic mass is 9.98. The van der Waals surface area contributed by atoms with Gasteiger partial charge in [-0.25, -0.2) is 0 Å². The number of ether oxygens (including phenoxy) is 1. The van der Waals surface area contributed by atoms with Crippen molar-refractivity contribution in [2.45, 2.75) is 31.2 Å². The first kappa shape index (κ1) is 13.7. The third kappa shape index (κ3) is 2.53. The molecule has 3 atom stereocenters. The maximum absolute atomic E-state index is 12.5. The molecule has 6 nitrogen and oxygen atoms in total. The SMILES string of the molecule is NC(=NO)C1CCCC1NC(=O)C1COc2ccccc21. The quantitative estimate of drug-likeness (QED) is 0.337. The number of carbonyl (C=O) groups is 1. The van der Waals surface area contributed by atoms with Crippen molar-refractivity contribution in [1.29, 1.82) is 0 Å². The lowest BCUT2D eigenvalue weighted by Crippen LogP contribution is -2.44. The minimum Gasteiger partial charge on any atom is -0.492 e. The molecule has 1 aliphatic carbocycles. The van der Waals surface area contributed by atoms with Gasteiger partial charge in [0.05, 0.1) is 0 Å². The van der Waals surface area contributed by atoms with E-state index in [0.717, 1.165) is 30.6 Å². The highest BCUT2D eigenvalue weighted by atomic mass is 16.5. The smallest absolute Gasteiger partial charge is 0.231 e. The molecule has 3 unspecified atom stereocenters. The molecule has 2 aliphatic rings. The van der Waals surface area contributed by atoms with Crippen LogP contribution in [0.15, 0.2) is 29.4 Å². The first-order chi connectivity index (χ1) is 10.2. The maximum atomic E-state index is 12.5. The Hall–Kier alpha value is -2.24. The molecule has 112 valence electrons. The Morgan fingerprint density at radius 1 is 1.38 bits per heavy atom. The van der Waals surface area contributed by atoms with Gasteiger partial charge in [-0.3, -0.25) is 4.79 Å². The Morgan fingerprint density at radius 3 is 3.00 bits per heavy atom. The number of amidine groups is 1. The summed E-state index contributed by atoms with van der Waals surface area (Å²) in [4.78, 5) is 12.5. The third-order valence-corrected chi connectivity index (χ3v) is 4.36. The summed E-state index contributed by atoms with van der Waals surface area (Å²) in [6.45, 7) is 0.367. The Morgan fingerprint density at radius 2 is 2.19 bits per heavy atom. The zero-order valence-electron chi connectivity index (χ0n) is 11.7. The normalized spacial score (nSPS) is 28.0. The molecule has 0 saturated heterocycles. The van der Waals surface area contributed by atoms with Crippen LogP contribution in [0.2, 0.25) is 0 Å². The molecular weight excluding hydrogens is 270 g/mol. The molecule has 4 N–H and O–H groups in total. The van der Waals surface area contributed by atoms with E-state index in [0.29, 0.717) is 6.61 Å². The van der Waals surface area contributed by atoms with Gasteiger partial charge in [-0.05, 0) is 18.9 Å². The fourth-order valence-corrected chi connectivity index (χ4v) is 3.22. The first-order valence-electron chi connectivity index (χ1n) is 7.20. The minimum atomic E-state index is -0.283. The van der Waals surface area contributed by atoms with Crippen LogP contribution >= 0.6 is 0 Å². The highest BCUT2D eigenvalue weighted by Crippen LogP contribution is 2.34. The molecule has 1 aliphatic heterocycles. The van der Waals surface area contributed by atoms with Crippen LogP contribution in [0, 0.1) is 5.92 Å². The topological polar surface area (TPSA) is 96.9 Å². The van der Waals surface area contributed by atoms with Crippen molar-refractivity contribution in [2.24, 2.45) is 16.8 Å². The zero-order valence-corrected chi connectivity index (χ0v) is 11.7. The van der Waals surface area contributed by atoms with E-state index >= 15 is 0 Å². The monoisotopic (exact) mass is 289 g/mol. The predicted molar refractivity (Wildman–Crippen MR) is 77.4 cm³/mol. The standard InChI is InChI=1S/C15H19N3O3/c16-14(18-20)10-5-3-6-12(10)17-15(19)11-8-21-13-7-2-1-4-9(11)13/h1-2,4,7,10-12,20H,3,5-6,8H2,(H2,16,18)(H,17,19). The molecule has 21 heavy (non-hydrogen) atoms. The second kappa shape index (κ2) is 5.63. The van der Waals surface area contributed by atoms with Gasteiger partial charge in [0, 0.05) is 17.5 Å². The fourth-order valence-electron chi connectivity index (χ4n) is 3.22. The van der Waals surface area contributed by atoms with Crippen molar-refractivity contribution in [3.05, 3.63) is 29.8 Å². The van der Waals surface area contributed by atoms with Crippen molar-refractivity contribution in [3.8, 4) is 5.75 Å². The molecule has 1 amide bonds. The molecule has 0 aromatic heterocycles. The van der Waals surface area contributed by atoms with E-state index in [1.54, 1.807) is 0 Å². The summed E-state index contributed by atoms with van der Waals surface area (Å²) >= 11 is 0. The van der Waals surface area contributed by atoms with Crippen LogP contribution in [0.25, 0.3) is 0 Å². The Labute approximate surface area is 123 Å². The lowest BCUT2D eigenvalue weighted by Gasteiger charge is -2.21. The maximum Gasteiger partial charge on any atom is 0.231 e. The number of benzene rings is 1. The van der Waals surface area contributed by atoms with E-state index < -0.39 is 0 Å². The molecule has 0 spiro atoms.